The van der Waals surface area contributed by atoms with E-state index >= 15 is 4.39 Å². The molecule has 7 heteroatoms. The molecular formula is C26H22F4N2O. The van der Waals surface area contributed by atoms with Crippen LogP contribution in [0.4, 0.5) is 17.6 Å². The number of hydrogen-bond donors (Lipinski definition) is 1. The van der Waals surface area contributed by atoms with Gasteiger partial charge in [-0.3, -0.25) is 4.57 Å². The Labute approximate surface area is 189 Å². The van der Waals surface area contributed by atoms with E-state index in [-0.39, 0.29) is 22.8 Å². The molecule has 4 rings (SSSR count). The Balaban J connectivity index is 1.93. The van der Waals surface area contributed by atoms with Gasteiger partial charge in [0.05, 0.1) is 16.9 Å². The molecule has 170 valence electrons. The number of imidazole rings is 1. The van der Waals surface area contributed by atoms with Gasteiger partial charge in [0.15, 0.2) is 0 Å². The summed E-state index contributed by atoms with van der Waals surface area (Å²) in [4.78, 5) is 4.28. The third kappa shape index (κ3) is 4.41. The summed E-state index contributed by atoms with van der Waals surface area (Å²) in [5.41, 5.74) is 0.0856. The van der Waals surface area contributed by atoms with Gasteiger partial charge >= 0.3 is 6.18 Å². The SMILES string of the molecule is Cc1ccccc1-c1ccc(-n2cc(C(C)(C)O)nc2-c2ccccc2C(F)(F)F)c(F)c1. The molecular weight excluding hydrogens is 432 g/mol. The number of aliphatic hydroxyl groups is 1. The number of rotatable bonds is 4. The molecule has 1 N–H and O–H groups in total. The van der Waals surface area contributed by atoms with Crippen LogP contribution in [0.5, 0.6) is 0 Å². The summed E-state index contributed by atoms with van der Waals surface area (Å²) in [6, 6.07) is 17.1. The largest absolute Gasteiger partial charge is 0.417 e. The van der Waals surface area contributed by atoms with E-state index in [0.29, 0.717) is 5.56 Å². The average molecular weight is 454 g/mol. The minimum absolute atomic E-state index is 0.0299. The maximum absolute atomic E-state index is 15.4. The monoisotopic (exact) mass is 454 g/mol. The Morgan fingerprint density at radius 2 is 1.52 bits per heavy atom. The normalized spacial score (nSPS) is 12.2. The van der Waals surface area contributed by atoms with Crippen molar-refractivity contribution in [2.45, 2.75) is 32.5 Å². The molecule has 0 unspecified atom stereocenters. The van der Waals surface area contributed by atoms with Crippen LogP contribution in [-0.4, -0.2) is 14.7 Å². The lowest BCUT2D eigenvalue weighted by atomic mass is 10.00. The molecule has 3 nitrogen and oxygen atoms in total. The first-order valence-corrected chi connectivity index (χ1v) is 10.3. The molecule has 1 aromatic heterocycles. The third-order valence-electron chi connectivity index (χ3n) is 5.47. The molecule has 0 atom stereocenters. The van der Waals surface area contributed by atoms with Crippen LogP contribution in [0.2, 0.25) is 0 Å². The molecule has 0 aliphatic carbocycles. The highest BCUT2D eigenvalue weighted by Gasteiger charge is 2.35. The minimum Gasteiger partial charge on any atom is -0.384 e. The van der Waals surface area contributed by atoms with Crippen LogP contribution < -0.4 is 0 Å². The number of aromatic nitrogens is 2. The smallest absolute Gasteiger partial charge is 0.384 e. The highest BCUT2D eigenvalue weighted by Crippen LogP contribution is 2.38. The van der Waals surface area contributed by atoms with Crippen LogP contribution >= 0.6 is 0 Å². The first kappa shape index (κ1) is 22.7. The van der Waals surface area contributed by atoms with Gasteiger partial charge in [0, 0.05) is 11.8 Å². The molecule has 4 aromatic rings. The Bertz CT molecular complexity index is 1320. The third-order valence-corrected chi connectivity index (χ3v) is 5.47. The first-order chi connectivity index (χ1) is 15.5. The number of aryl methyl sites for hydroxylation is 1. The quantitative estimate of drug-likeness (QED) is 0.341. The highest BCUT2D eigenvalue weighted by molar-refractivity contribution is 5.70. The van der Waals surface area contributed by atoms with E-state index in [9.17, 15) is 18.3 Å². The fourth-order valence-corrected chi connectivity index (χ4v) is 3.74. The Hall–Kier alpha value is -3.45. The zero-order chi connectivity index (χ0) is 24.0. The average Bonchev–Trinajstić information content (AvgIpc) is 3.19. The van der Waals surface area contributed by atoms with Crippen molar-refractivity contribution >= 4 is 0 Å². The molecule has 0 fully saturated rings. The predicted octanol–water partition coefficient (Wildman–Crippen LogP) is 6.90. The van der Waals surface area contributed by atoms with Gasteiger partial charge in [-0.2, -0.15) is 13.2 Å². The molecule has 1 heterocycles. The van der Waals surface area contributed by atoms with Gasteiger partial charge in [0.2, 0.25) is 0 Å². The number of benzene rings is 3. The molecule has 0 saturated heterocycles. The Morgan fingerprint density at radius 1 is 0.879 bits per heavy atom. The summed E-state index contributed by atoms with van der Waals surface area (Å²) < 4.78 is 57.7. The van der Waals surface area contributed by atoms with Crippen molar-refractivity contribution < 1.29 is 22.7 Å². The zero-order valence-electron chi connectivity index (χ0n) is 18.3. The van der Waals surface area contributed by atoms with Gasteiger partial charge in [-0.25, -0.2) is 9.37 Å². The van der Waals surface area contributed by atoms with E-state index in [4.69, 9.17) is 0 Å². The highest BCUT2D eigenvalue weighted by atomic mass is 19.4. The molecule has 33 heavy (non-hydrogen) atoms. The summed E-state index contributed by atoms with van der Waals surface area (Å²) in [6.07, 6.45) is -3.26. The maximum Gasteiger partial charge on any atom is 0.417 e. The van der Waals surface area contributed by atoms with Crippen LogP contribution in [0, 0.1) is 12.7 Å². The predicted molar refractivity (Wildman–Crippen MR) is 119 cm³/mol. The Kier molecular flexibility index (Phi) is 5.62. The lowest BCUT2D eigenvalue weighted by Gasteiger charge is -2.15. The maximum atomic E-state index is 15.4. The van der Waals surface area contributed by atoms with E-state index in [1.165, 1.54) is 54.9 Å². The lowest BCUT2D eigenvalue weighted by molar-refractivity contribution is -0.137. The van der Waals surface area contributed by atoms with Crippen LogP contribution in [0.15, 0.2) is 72.9 Å². The van der Waals surface area contributed by atoms with E-state index in [0.717, 1.165) is 17.2 Å². The van der Waals surface area contributed by atoms with Gasteiger partial charge in [-0.05, 0) is 55.7 Å². The number of halogens is 4. The van der Waals surface area contributed by atoms with E-state index < -0.39 is 23.2 Å². The molecule has 0 spiro atoms. The van der Waals surface area contributed by atoms with Gasteiger partial charge < -0.3 is 5.11 Å². The minimum atomic E-state index is -4.63. The standard InChI is InChI=1S/C26H22F4N2O/c1-16-8-4-5-9-18(16)17-12-13-22(21(27)14-17)32-15-23(25(2,3)33)31-24(32)19-10-6-7-11-20(19)26(28,29)30/h4-15,33H,1-3H3. The second kappa shape index (κ2) is 8.15. The van der Waals surface area contributed by atoms with Crippen LogP contribution in [0.25, 0.3) is 28.2 Å². The number of nitrogens with zero attached hydrogens (tertiary/aromatic N) is 2. The fraction of sp³-hybridized carbons (Fsp3) is 0.192. The second-order valence-corrected chi connectivity index (χ2v) is 8.40. The van der Waals surface area contributed by atoms with E-state index in [1.807, 2.05) is 31.2 Å². The molecule has 0 radical (unpaired) electrons. The van der Waals surface area contributed by atoms with Crippen molar-refractivity contribution in [1.82, 2.24) is 9.55 Å². The molecule has 0 aliphatic rings. The van der Waals surface area contributed by atoms with E-state index in [1.54, 1.807) is 6.07 Å². The second-order valence-electron chi connectivity index (χ2n) is 8.40. The number of alkyl halides is 3. The first-order valence-electron chi connectivity index (χ1n) is 10.3. The topological polar surface area (TPSA) is 38.0 Å². The van der Waals surface area contributed by atoms with Crippen molar-refractivity contribution in [2.75, 3.05) is 0 Å². The summed E-state index contributed by atoms with van der Waals surface area (Å²) in [5.74, 6) is -0.733. The van der Waals surface area contributed by atoms with Gasteiger partial charge in [0.25, 0.3) is 0 Å². The van der Waals surface area contributed by atoms with Crippen molar-refractivity contribution in [3.63, 3.8) is 0 Å². The van der Waals surface area contributed by atoms with Gasteiger partial charge in [0.1, 0.15) is 17.2 Å². The molecule has 0 bridgehead atoms. The molecule has 0 aliphatic heterocycles. The van der Waals surface area contributed by atoms with Crippen molar-refractivity contribution in [1.29, 1.82) is 0 Å². The lowest BCUT2D eigenvalue weighted by Crippen LogP contribution is -2.15. The van der Waals surface area contributed by atoms with Crippen molar-refractivity contribution in [3.05, 3.63) is 95.6 Å². The summed E-state index contributed by atoms with van der Waals surface area (Å²) in [6.45, 7) is 4.85. The molecule has 3 aromatic carbocycles. The Morgan fingerprint density at radius 3 is 2.12 bits per heavy atom. The zero-order valence-corrected chi connectivity index (χ0v) is 18.3. The molecule has 0 saturated carbocycles. The summed E-state index contributed by atoms with van der Waals surface area (Å²) >= 11 is 0. The van der Waals surface area contributed by atoms with Crippen molar-refractivity contribution in [3.8, 4) is 28.2 Å². The van der Waals surface area contributed by atoms with Gasteiger partial charge in [-0.1, -0.05) is 48.5 Å². The van der Waals surface area contributed by atoms with E-state index in [2.05, 4.69) is 4.98 Å². The fourth-order valence-electron chi connectivity index (χ4n) is 3.74. The summed E-state index contributed by atoms with van der Waals surface area (Å²) in [5, 5.41) is 10.5. The van der Waals surface area contributed by atoms with Gasteiger partial charge in [-0.15, -0.1) is 0 Å². The van der Waals surface area contributed by atoms with Crippen LogP contribution in [0.3, 0.4) is 0 Å². The molecule has 0 amide bonds. The van der Waals surface area contributed by atoms with Crippen LogP contribution in [0.1, 0.15) is 30.7 Å². The number of hydrogen-bond acceptors (Lipinski definition) is 2. The van der Waals surface area contributed by atoms with Crippen molar-refractivity contribution in [2.24, 2.45) is 0 Å². The van der Waals surface area contributed by atoms with Crippen LogP contribution in [-0.2, 0) is 11.8 Å². The summed E-state index contributed by atoms with van der Waals surface area (Å²) in [7, 11) is 0.